The van der Waals surface area contributed by atoms with Crippen LogP contribution in [0, 0.1) is 0 Å². The summed E-state index contributed by atoms with van der Waals surface area (Å²) in [5.74, 6) is 0. The number of hydrogen-bond acceptors (Lipinski definition) is 2. The minimum Gasteiger partial charge on any atom is -0.398 e. The highest BCUT2D eigenvalue weighted by Crippen LogP contribution is 2.36. The predicted octanol–water partition coefficient (Wildman–Crippen LogP) is 5.36. The molecule has 0 heterocycles. The van der Waals surface area contributed by atoms with Crippen molar-refractivity contribution < 1.29 is 13.2 Å². The van der Waals surface area contributed by atoms with Crippen LogP contribution in [0.15, 0.2) is 40.9 Å². The monoisotopic (exact) mass is 358 g/mol. The van der Waals surface area contributed by atoms with Gasteiger partial charge in [0.25, 0.3) is 0 Å². The van der Waals surface area contributed by atoms with Gasteiger partial charge in [0.15, 0.2) is 0 Å². The number of hydrogen-bond donors (Lipinski definition) is 2. The van der Waals surface area contributed by atoms with Crippen LogP contribution in [0.1, 0.15) is 18.1 Å². The second-order valence-electron chi connectivity index (χ2n) is 4.58. The van der Waals surface area contributed by atoms with Crippen LogP contribution in [0.2, 0.25) is 0 Å². The first-order valence-electron chi connectivity index (χ1n) is 6.33. The predicted molar refractivity (Wildman–Crippen MR) is 82.7 cm³/mol. The number of halogens is 4. The van der Waals surface area contributed by atoms with E-state index in [0.29, 0.717) is 5.69 Å². The third-order valence-electron chi connectivity index (χ3n) is 3.09. The molecule has 0 aliphatic heterocycles. The third-order valence-corrected chi connectivity index (χ3v) is 3.58. The second-order valence-corrected chi connectivity index (χ2v) is 5.50. The van der Waals surface area contributed by atoms with Crippen molar-refractivity contribution in [3.63, 3.8) is 0 Å². The maximum absolute atomic E-state index is 12.9. The van der Waals surface area contributed by atoms with Crippen LogP contribution < -0.4 is 11.1 Å². The molecule has 2 rings (SSSR count). The maximum Gasteiger partial charge on any atom is 0.418 e. The van der Waals surface area contributed by atoms with Gasteiger partial charge in [0, 0.05) is 21.5 Å². The van der Waals surface area contributed by atoms with Crippen molar-refractivity contribution in [3.05, 3.63) is 52.0 Å². The molecule has 0 saturated heterocycles. The first kappa shape index (κ1) is 15.7. The summed E-state index contributed by atoms with van der Waals surface area (Å²) in [5, 5.41) is 3.01. The minimum atomic E-state index is -4.46. The number of anilines is 3. The summed E-state index contributed by atoms with van der Waals surface area (Å²) in [6, 6.07) is 9.42. The zero-order valence-electron chi connectivity index (χ0n) is 11.3. The van der Waals surface area contributed by atoms with Gasteiger partial charge in [-0.25, -0.2) is 0 Å². The Morgan fingerprint density at radius 2 is 1.86 bits per heavy atom. The van der Waals surface area contributed by atoms with Crippen LogP contribution in [0.25, 0.3) is 0 Å². The number of nitrogens with one attached hydrogen (secondary N) is 1. The Bertz CT molecular complexity index is 654. The standard InChI is InChI=1S/C15H14BrF3N2/c1-2-9-7-10(16)3-6-14(9)21-11-4-5-13(20)12(8-11)15(17,18)19/h3-8,21H,2,20H2,1H3. The van der Waals surface area contributed by atoms with Crippen LogP contribution in [0.5, 0.6) is 0 Å². The van der Waals surface area contributed by atoms with E-state index < -0.39 is 11.7 Å². The number of nitrogen functional groups attached to an aromatic ring is 1. The SMILES string of the molecule is CCc1cc(Br)ccc1Nc1ccc(N)c(C(F)(F)F)c1. The molecule has 0 aliphatic carbocycles. The van der Waals surface area contributed by atoms with E-state index in [-0.39, 0.29) is 5.69 Å². The highest BCUT2D eigenvalue weighted by molar-refractivity contribution is 9.10. The van der Waals surface area contributed by atoms with E-state index >= 15 is 0 Å². The molecular formula is C15H14BrF3N2. The van der Waals surface area contributed by atoms with Crippen LogP contribution in [0.4, 0.5) is 30.2 Å². The molecule has 0 atom stereocenters. The fourth-order valence-electron chi connectivity index (χ4n) is 2.01. The molecule has 0 spiro atoms. The van der Waals surface area contributed by atoms with Crippen LogP contribution in [0.3, 0.4) is 0 Å². The number of aryl methyl sites for hydroxylation is 1. The molecule has 0 amide bonds. The Morgan fingerprint density at radius 1 is 1.14 bits per heavy atom. The van der Waals surface area contributed by atoms with E-state index in [2.05, 4.69) is 21.2 Å². The lowest BCUT2D eigenvalue weighted by atomic mass is 10.1. The van der Waals surface area contributed by atoms with Gasteiger partial charge in [-0.2, -0.15) is 13.2 Å². The van der Waals surface area contributed by atoms with Crippen molar-refractivity contribution in [3.8, 4) is 0 Å². The molecule has 112 valence electrons. The van der Waals surface area contributed by atoms with E-state index in [4.69, 9.17) is 5.73 Å². The molecule has 6 heteroatoms. The highest BCUT2D eigenvalue weighted by atomic mass is 79.9. The summed E-state index contributed by atoms with van der Waals surface area (Å²) in [6.45, 7) is 1.98. The van der Waals surface area contributed by atoms with Crippen molar-refractivity contribution in [2.45, 2.75) is 19.5 Å². The van der Waals surface area contributed by atoms with Gasteiger partial charge in [-0.15, -0.1) is 0 Å². The molecule has 2 aromatic rings. The van der Waals surface area contributed by atoms with Gasteiger partial charge >= 0.3 is 6.18 Å². The smallest absolute Gasteiger partial charge is 0.398 e. The summed E-state index contributed by atoms with van der Waals surface area (Å²) in [6.07, 6.45) is -3.70. The number of alkyl halides is 3. The average molecular weight is 359 g/mol. The molecule has 0 saturated carbocycles. The van der Waals surface area contributed by atoms with Gasteiger partial charge in [-0.3, -0.25) is 0 Å². The molecule has 0 unspecified atom stereocenters. The summed E-state index contributed by atoms with van der Waals surface area (Å²) in [5.41, 5.74) is 6.42. The first-order valence-corrected chi connectivity index (χ1v) is 7.12. The van der Waals surface area contributed by atoms with E-state index in [1.165, 1.54) is 12.1 Å². The topological polar surface area (TPSA) is 38.0 Å². The van der Waals surface area contributed by atoms with E-state index in [0.717, 1.165) is 28.2 Å². The minimum absolute atomic E-state index is 0.278. The summed E-state index contributed by atoms with van der Waals surface area (Å²) >= 11 is 3.38. The third kappa shape index (κ3) is 3.69. The number of rotatable bonds is 3. The number of nitrogens with two attached hydrogens (primary N) is 1. The molecule has 0 radical (unpaired) electrons. The molecule has 21 heavy (non-hydrogen) atoms. The molecule has 0 bridgehead atoms. The van der Waals surface area contributed by atoms with Crippen molar-refractivity contribution >= 4 is 33.0 Å². The van der Waals surface area contributed by atoms with E-state index in [9.17, 15) is 13.2 Å². The quantitative estimate of drug-likeness (QED) is 0.725. The molecular weight excluding hydrogens is 345 g/mol. The second kappa shape index (κ2) is 5.97. The maximum atomic E-state index is 12.9. The summed E-state index contributed by atoms with van der Waals surface area (Å²) < 4.78 is 39.5. The molecule has 3 N–H and O–H groups in total. The van der Waals surface area contributed by atoms with Crippen LogP contribution >= 0.6 is 15.9 Å². The summed E-state index contributed by atoms with van der Waals surface area (Å²) in [4.78, 5) is 0. The van der Waals surface area contributed by atoms with Gasteiger partial charge in [0.2, 0.25) is 0 Å². The Kier molecular flexibility index (Phi) is 4.46. The first-order chi connectivity index (χ1) is 9.81. The largest absolute Gasteiger partial charge is 0.418 e. The fourth-order valence-corrected chi connectivity index (χ4v) is 2.42. The Hall–Kier alpha value is -1.69. The van der Waals surface area contributed by atoms with Crippen molar-refractivity contribution in [2.75, 3.05) is 11.1 Å². The van der Waals surface area contributed by atoms with Gasteiger partial charge in [-0.05, 0) is 48.4 Å². The van der Waals surface area contributed by atoms with Crippen LogP contribution in [-0.4, -0.2) is 0 Å². The fraction of sp³-hybridized carbons (Fsp3) is 0.200. The van der Waals surface area contributed by atoms with E-state index in [1.807, 2.05) is 25.1 Å². The lowest BCUT2D eigenvalue weighted by Gasteiger charge is -2.15. The van der Waals surface area contributed by atoms with Crippen molar-refractivity contribution in [1.82, 2.24) is 0 Å². The van der Waals surface area contributed by atoms with Crippen molar-refractivity contribution in [1.29, 1.82) is 0 Å². The van der Waals surface area contributed by atoms with Gasteiger partial charge in [0.05, 0.1) is 5.56 Å². The Morgan fingerprint density at radius 3 is 2.48 bits per heavy atom. The molecule has 0 aromatic heterocycles. The molecule has 0 fully saturated rings. The number of benzene rings is 2. The molecule has 2 nitrogen and oxygen atoms in total. The van der Waals surface area contributed by atoms with Gasteiger partial charge < -0.3 is 11.1 Å². The lowest BCUT2D eigenvalue weighted by molar-refractivity contribution is -0.136. The van der Waals surface area contributed by atoms with Gasteiger partial charge in [-0.1, -0.05) is 22.9 Å². The zero-order chi connectivity index (χ0) is 15.6. The Balaban J connectivity index is 2.37. The Labute approximate surface area is 129 Å². The lowest BCUT2D eigenvalue weighted by Crippen LogP contribution is -2.09. The highest BCUT2D eigenvalue weighted by Gasteiger charge is 2.33. The average Bonchev–Trinajstić information content (AvgIpc) is 2.41. The molecule has 0 aliphatic rings. The zero-order valence-corrected chi connectivity index (χ0v) is 12.8. The van der Waals surface area contributed by atoms with E-state index in [1.54, 1.807) is 0 Å². The molecule has 2 aromatic carbocycles. The normalized spacial score (nSPS) is 11.5. The van der Waals surface area contributed by atoms with Crippen molar-refractivity contribution in [2.24, 2.45) is 0 Å². The summed E-state index contributed by atoms with van der Waals surface area (Å²) in [7, 11) is 0. The van der Waals surface area contributed by atoms with Gasteiger partial charge in [0.1, 0.15) is 0 Å². The van der Waals surface area contributed by atoms with Crippen LogP contribution in [-0.2, 0) is 12.6 Å².